The summed E-state index contributed by atoms with van der Waals surface area (Å²) >= 11 is 24.8. The molecule has 0 spiro atoms. The van der Waals surface area contributed by atoms with Gasteiger partial charge in [0.1, 0.15) is 11.5 Å². The minimum atomic E-state index is -5.13. The van der Waals surface area contributed by atoms with Crippen molar-refractivity contribution in [3.8, 4) is 11.5 Å². The zero-order chi connectivity index (χ0) is 21.6. The predicted molar refractivity (Wildman–Crippen MR) is 114 cm³/mol. The maximum Gasteiger partial charge on any atom is 0.283 e. The Kier molecular flexibility index (Phi) is 5.98. The van der Waals surface area contributed by atoms with E-state index in [4.69, 9.17) is 46.4 Å². The van der Waals surface area contributed by atoms with E-state index >= 15 is 0 Å². The van der Waals surface area contributed by atoms with Crippen LogP contribution < -0.4 is 0 Å². The summed E-state index contributed by atoms with van der Waals surface area (Å²) in [7, 11) is -5.13. The van der Waals surface area contributed by atoms with E-state index in [0.29, 0.717) is 0 Å². The Morgan fingerprint density at radius 1 is 0.828 bits per heavy atom. The quantitative estimate of drug-likeness (QED) is 0.239. The molecule has 3 N–H and O–H groups in total. The highest BCUT2D eigenvalue weighted by Crippen LogP contribution is 2.53. The van der Waals surface area contributed by atoms with Crippen LogP contribution >= 0.6 is 46.4 Å². The topological polar surface area (TPSA) is 94.8 Å². The van der Waals surface area contributed by atoms with Crippen molar-refractivity contribution in [1.29, 1.82) is 0 Å². The van der Waals surface area contributed by atoms with Gasteiger partial charge in [0.25, 0.3) is 10.1 Å². The number of hydrogen-bond acceptors (Lipinski definition) is 4. The monoisotopic (exact) mass is 492 g/mol. The Morgan fingerprint density at radius 2 is 1.45 bits per heavy atom. The van der Waals surface area contributed by atoms with Gasteiger partial charge in [-0.1, -0.05) is 76.7 Å². The molecule has 1 unspecified atom stereocenters. The van der Waals surface area contributed by atoms with E-state index < -0.39 is 31.9 Å². The zero-order valence-electron chi connectivity index (χ0n) is 14.3. The van der Waals surface area contributed by atoms with Crippen LogP contribution in [0.1, 0.15) is 16.7 Å². The lowest BCUT2D eigenvalue weighted by Gasteiger charge is -2.34. The third-order valence-corrected chi connectivity index (χ3v) is 7.10. The Balaban J connectivity index is 2.67. The van der Waals surface area contributed by atoms with Gasteiger partial charge in [-0.15, -0.1) is 0 Å². The minimum absolute atomic E-state index is 0.00521. The second-order valence-electron chi connectivity index (χ2n) is 6.09. The molecule has 0 aliphatic heterocycles. The summed E-state index contributed by atoms with van der Waals surface area (Å²) in [6, 6.07) is 11.9. The van der Waals surface area contributed by atoms with E-state index in [1.165, 1.54) is 36.4 Å². The highest BCUT2D eigenvalue weighted by molar-refractivity contribution is 7.87. The van der Waals surface area contributed by atoms with Gasteiger partial charge in [-0.25, -0.2) is 0 Å². The van der Waals surface area contributed by atoms with Crippen molar-refractivity contribution in [2.45, 2.75) is 4.75 Å². The Bertz CT molecular complexity index is 1180. The average Bonchev–Trinajstić information content (AvgIpc) is 2.61. The first-order chi connectivity index (χ1) is 13.5. The first-order valence-electron chi connectivity index (χ1n) is 7.89. The maximum absolute atomic E-state index is 13.0. The molecule has 152 valence electrons. The lowest BCUT2D eigenvalue weighted by atomic mass is 9.83. The van der Waals surface area contributed by atoms with Crippen LogP contribution in [0.4, 0.5) is 0 Å². The Hall–Kier alpha value is -1.67. The van der Waals surface area contributed by atoms with Crippen molar-refractivity contribution in [2.24, 2.45) is 0 Å². The molecule has 0 aromatic heterocycles. The molecule has 0 bridgehead atoms. The summed E-state index contributed by atoms with van der Waals surface area (Å²) in [4.78, 5) is 0. The molecule has 0 radical (unpaired) electrons. The third-order valence-electron chi connectivity index (χ3n) is 4.35. The normalized spacial score (nSPS) is 13.8. The largest absolute Gasteiger partial charge is 0.508 e. The van der Waals surface area contributed by atoms with Crippen LogP contribution in [0.25, 0.3) is 0 Å². The molecule has 0 saturated heterocycles. The Labute approximate surface area is 186 Å². The van der Waals surface area contributed by atoms with E-state index in [9.17, 15) is 23.2 Å². The molecule has 0 heterocycles. The summed E-state index contributed by atoms with van der Waals surface area (Å²) in [6.07, 6.45) is 0. The van der Waals surface area contributed by atoms with Gasteiger partial charge in [0, 0.05) is 22.2 Å². The summed E-state index contributed by atoms with van der Waals surface area (Å²) in [5.74, 6) is -1.10. The van der Waals surface area contributed by atoms with Crippen molar-refractivity contribution < 1.29 is 23.2 Å². The second kappa shape index (κ2) is 7.87. The Morgan fingerprint density at radius 3 is 2.00 bits per heavy atom. The van der Waals surface area contributed by atoms with Gasteiger partial charge in [0.05, 0.1) is 15.1 Å². The standard InChI is InChI=1S/C19H12Cl4O5S/c20-11-6-13(18(23)15(22)7-11)19(29(26,27)28,10-4-2-1-3-5-10)17-14(21)8-12(24)9-16(17)25/h1-9,24-25H,(H,26,27,28). The molecule has 3 rings (SSSR count). The lowest BCUT2D eigenvalue weighted by Crippen LogP contribution is -2.39. The van der Waals surface area contributed by atoms with Crippen LogP contribution in [0.3, 0.4) is 0 Å². The molecular weight excluding hydrogens is 482 g/mol. The van der Waals surface area contributed by atoms with Crippen molar-refractivity contribution in [2.75, 3.05) is 0 Å². The number of halogens is 4. The molecule has 29 heavy (non-hydrogen) atoms. The summed E-state index contributed by atoms with van der Waals surface area (Å²) < 4.78 is 34.0. The number of benzene rings is 3. The lowest BCUT2D eigenvalue weighted by molar-refractivity contribution is 0.431. The first kappa shape index (κ1) is 22.0. The molecule has 1 atom stereocenters. The SMILES string of the molecule is O=S(=O)(O)C(c1ccccc1)(c1cc(Cl)cc(Cl)c1Cl)c1c(O)cc(O)cc1Cl. The van der Waals surface area contributed by atoms with Crippen LogP contribution in [0.2, 0.25) is 20.1 Å². The molecular formula is C19H12Cl4O5S. The van der Waals surface area contributed by atoms with Crippen LogP contribution in [0, 0.1) is 0 Å². The minimum Gasteiger partial charge on any atom is -0.508 e. The van der Waals surface area contributed by atoms with Gasteiger partial charge in [0.2, 0.25) is 0 Å². The van der Waals surface area contributed by atoms with Crippen LogP contribution in [-0.2, 0) is 14.9 Å². The summed E-state index contributed by atoms with van der Waals surface area (Å²) in [5, 5.41) is 19.7. The van der Waals surface area contributed by atoms with Gasteiger partial charge in [-0.05, 0) is 23.8 Å². The van der Waals surface area contributed by atoms with Crippen LogP contribution in [0.5, 0.6) is 11.5 Å². The highest BCUT2D eigenvalue weighted by atomic mass is 35.5. The molecule has 0 aliphatic carbocycles. The molecule has 10 heteroatoms. The average molecular weight is 494 g/mol. The predicted octanol–water partition coefficient (Wildman–Crippen LogP) is 5.89. The van der Waals surface area contributed by atoms with E-state index in [-0.39, 0.29) is 31.2 Å². The van der Waals surface area contributed by atoms with Crippen molar-refractivity contribution in [3.63, 3.8) is 0 Å². The van der Waals surface area contributed by atoms with Gasteiger partial charge in [-0.2, -0.15) is 8.42 Å². The first-order valence-corrected chi connectivity index (χ1v) is 10.8. The molecule has 0 amide bonds. The zero-order valence-corrected chi connectivity index (χ0v) is 18.1. The summed E-state index contributed by atoms with van der Waals surface area (Å²) in [6.45, 7) is 0. The van der Waals surface area contributed by atoms with Crippen molar-refractivity contribution >= 4 is 56.5 Å². The van der Waals surface area contributed by atoms with Gasteiger partial charge in [0.15, 0.2) is 4.75 Å². The second-order valence-corrected chi connectivity index (χ2v) is 9.28. The molecule has 0 fully saturated rings. The molecule has 0 saturated carbocycles. The fourth-order valence-electron chi connectivity index (χ4n) is 3.26. The summed E-state index contributed by atoms with van der Waals surface area (Å²) in [5.41, 5.74) is -0.648. The van der Waals surface area contributed by atoms with Crippen molar-refractivity contribution in [1.82, 2.24) is 0 Å². The van der Waals surface area contributed by atoms with E-state index in [1.54, 1.807) is 6.07 Å². The highest BCUT2D eigenvalue weighted by Gasteiger charge is 2.53. The van der Waals surface area contributed by atoms with Gasteiger partial charge >= 0.3 is 0 Å². The van der Waals surface area contributed by atoms with E-state index in [2.05, 4.69) is 0 Å². The number of phenolic OH excluding ortho intramolecular Hbond substituents is 2. The molecule has 0 aliphatic rings. The molecule has 3 aromatic carbocycles. The van der Waals surface area contributed by atoms with Gasteiger partial charge in [-0.3, -0.25) is 4.55 Å². The fourth-order valence-corrected chi connectivity index (χ4v) is 5.82. The van der Waals surface area contributed by atoms with Crippen LogP contribution in [0.15, 0.2) is 54.6 Å². The smallest absolute Gasteiger partial charge is 0.283 e. The van der Waals surface area contributed by atoms with E-state index in [1.807, 2.05) is 0 Å². The fraction of sp³-hybridized carbons (Fsp3) is 0.0526. The van der Waals surface area contributed by atoms with Crippen molar-refractivity contribution in [3.05, 3.63) is 91.4 Å². The van der Waals surface area contributed by atoms with Crippen LogP contribution in [-0.4, -0.2) is 23.2 Å². The number of hydrogen-bond donors (Lipinski definition) is 3. The third kappa shape index (κ3) is 3.65. The molecule has 5 nitrogen and oxygen atoms in total. The molecule has 3 aromatic rings. The van der Waals surface area contributed by atoms with E-state index in [0.717, 1.165) is 12.1 Å². The maximum atomic E-state index is 13.0. The number of aromatic hydroxyl groups is 2. The number of phenols is 2. The van der Waals surface area contributed by atoms with Gasteiger partial charge < -0.3 is 10.2 Å². The number of rotatable bonds is 4.